The number of hydrogen-bond acceptors (Lipinski definition) is 3. The van der Waals surface area contributed by atoms with Crippen molar-refractivity contribution in [1.29, 1.82) is 0 Å². The molecule has 1 aromatic rings. The van der Waals surface area contributed by atoms with Crippen molar-refractivity contribution in [2.24, 2.45) is 0 Å². The van der Waals surface area contributed by atoms with Crippen LogP contribution < -0.4 is 5.32 Å². The summed E-state index contributed by atoms with van der Waals surface area (Å²) in [4.78, 5) is 25.5. The number of carbonyl (C=O) groups is 2. The number of carbonyl (C=O) groups excluding carboxylic acids is 1. The molecule has 2 rings (SSSR count). The molecule has 6 nitrogen and oxygen atoms in total. The summed E-state index contributed by atoms with van der Waals surface area (Å²) in [5.74, 6) is 0. The summed E-state index contributed by atoms with van der Waals surface area (Å²) in [5.41, 5.74) is -1.13. The van der Waals surface area contributed by atoms with E-state index >= 15 is 0 Å². The van der Waals surface area contributed by atoms with E-state index in [0.717, 1.165) is 18.4 Å². The van der Waals surface area contributed by atoms with Gasteiger partial charge in [-0.1, -0.05) is 23.7 Å². The van der Waals surface area contributed by atoms with E-state index in [1.54, 1.807) is 46.8 Å². The van der Waals surface area contributed by atoms with E-state index in [0.29, 0.717) is 5.02 Å². The second-order valence-corrected chi connectivity index (χ2v) is 8.86. The quantitative estimate of drug-likeness (QED) is 0.779. The predicted octanol–water partition coefficient (Wildman–Crippen LogP) is 4.61. The van der Waals surface area contributed by atoms with Crippen molar-refractivity contribution in [1.82, 2.24) is 10.2 Å². The molecule has 0 aromatic heterocycles. The molecule has 7 heteroatoms. The predicted molar refractivity (Wildman–Crippen MR) is 101 cm³/mol. The Morgan fingerprint density at radius 2 is 1.88 bits per heavy atom. The third-order valence-corrected chi connectivity index (χ3v) is 4.46. The van der Waals surface area contributed by atoms with Gasteiger partial charge in [0.1, 0.15) is 5.60 Å². The van der Waals surface area contributed by atoms with Gasteiger partial charge in [-0.3, -0.25) is 4.90 Å². The van der Waals surface area contributed by atoms with Crippen LogP contribution in [0.1, 0.15) is 53.0 Å². The smallest absolute Gasteiger partial charge is 0.408 e. The standard InChI is InChI=1S/C19H27ClN2O4/c1-17(2,3)26-15(23)21-18(4,5)12-22(16(24)25)19(9-10-19)13-7-6-8-14(20)11-13/h6-8,11H,9-10,12H2,1-5H3,(H,21,23)(H,24,25). The van der Waals surface area contributed by atoms with E-state index in [1.807, 2.05) is 12.1 Å². The lowest BCUT2D eigenvalue weighted by Crippen LogP contribution is -2.55. The minimum absolute atomic E-state index is 0.133. The molecule has 144 valence electrons. The van der Waals surface area contributed by atoms with E-state index in [1.165, 1.54) is 4.90 Å². The summed E-state index contributed by atoms with van der Waals surface area (Å²) in [6, 6.07) is 7.28. The molecule has 0 atom stereocenters. The Hall–Kier alpha value is -1.95. The van der Waals surface area contributed by atoms with Gasteiger partial charge in [0, 0.05) is 11.6 Å². The van der Waals surface area contributed by atoms with Crippen LogP contribution in [0, 0.1) is 0 Å². The van der Waals surface area contributed by atoms with Gasteiger partial charge in [-0.2, -0.15) is 0 Å². The molecular weight excluding hydrogens is 356 g/mol. The van der Waals surface area contributed by atoms with Crippen LogP contribution in [0.3, 0.4) is 0 Å². The Balaban J connectivity index is 2.18. The number of amides is 2. The number of carboxylic acid groups (broad SMARTS) is 1. The average Bonchev–Trinajstić information content (AvgIpc) is 3.23. The Kier molecular flexibility index (Phi) is 5.47. The molecule has 2 N–H and O–H groups in total. The molecule has 0 spiro atoms. The highest BCUT2D eigenvalue weighted by Gasteiger charge is 2.53. The van der Waals surface area contributed by atoms with Crippen molar-refractivity contribution in [2.45, 2.75) is 64.1 Å². The fourth-order valence-electron chi connectivity index (χ4n) is 3.03. The van der Waals surface area contributed by atoms with Gasteiger partial charge in [-0.25, -0.2) is 9.59 Å². The highest BCUT2D eigenvalue weighted by atomic mass is 35.5. The minimum Gasteiger partial charge on any atom is -0.465 e. The van der Waals surface area contributed by atoms with Crippen LogP contribution in [0.25, 0.3) is 0 Å². The van der Waals surface area contributed by atoms with Gasteiger partial charge in [0.15, 0.2) is 0 Å². The molecule has 0 heterocycles. The summed E-state index contributed by atoms with van der Waals surface area (Å²) >= 11 is 6.09. The zero-order valence-corrected chi connectivity index (χ0v) is 16.7. The highest BCUT2D eigenvalue weighted by Crippen LogP contribution is 2.51. The van der Waals surface area contributed by atoms with Crippen molar-refractivity contribution in [2.75, 3.05) is 6.54 Å². The Bertz CT molecular complexity index is 693. The highest BCUT2D eigenvalue weighted by molar-refractivity contribution is 6.30. The van der Waals surface area contributed by atoms with Gasteiger partial charge >= 0.3 is 12.2 Å². The molecule has 2 amide bonds. The van der Waals surface area contributed by atoms with Crippen molar-refractivity contribution in [3.63, 3.8) is 0 Å². The molecule has 1 aliphatic carbocycles. The Morgan fingerprint density at radius 1 is 1.27 bits per heavy atom. The van der Waals surface area contributed by atoms with Crippen LogP contribution in [0.15, 0.2) is 24.3 Å². The molecule has 0 radical (unpaired) electrons. The lowest BCUT2D eigenvalue weighted by Gasteiger charge is -2.37. The van der Waals surface area contributed by atoms with Crippen molar-refractivity contribution >= 4 is 23.8 Å². The monoisotopic (exact) mass is 382 g/mol. The van der Waals surface area contributed by atoms with Crippen LogP contribution in [-0.4, -0.2) is 39.9 Å². The molecular formula is C19H27ClN2O4. The minimum atomic E-state index is -1.03. The molecule has 0 aliphatic heterocycles. The second-order valence-electron chi connectivity index (χ2n) is 8.42. The van der Waals surface area contributed by atoms with Crippen LogP contribution >= 0.6 is 11.6 Å². The Labute approximate surface area is 159 Å². The van der Waals surface area contributed by atoms with Crippen molar-refractivity contribution in [3.8, 4) is 0 Å². The van der Waals surface area contributed by atoms with Crippen molar-refractivity contribution < 1.29 is 19.4 Å². The lowest BCUT2D eigenvalue weighted by molar-refractivity contribution is 0.0419. The van der Waals surface area contributed by atoms with E-state index < -0.39 is 28.9 Å². The fourth-order valence-corrected chi connectivity index (χ4v) is 3.22. The summed E-state index contributed by atoms with van der Waals surface area (Å²) in [7, 11) is 0. The van der Waals surface area contributed by atoms with Crippen molar-refractivity contribution in [3.05, 3.63) is 34.9 Å². The third-order valence-electron chi connectivity index (χ3n) is 4.23. The number of ether oxygens (including phenoxy) is 1. The number of rotatable bonds is 5. The number of halogens is 1. The number of benzene rings is 1. The van der Waals surface area contributed by atoms with Gasteiger partial charge in [0.2, 0.25) is 0 Å². The van der Waals surface area contributed by atoms with Gasteiger partial charge in [0.05, 0.1) is 11.1 Å². The van der Waals surface area contributed by atoms with Gasteiger partial charge < -0.3 is 15.2 Å². The lowest BCUT2D eigenvalue weighted by atomic mass is 9.99. The molecule has 1 fully saturated rings. The molecule has 0 bridgehead atoms. The maximum absolute atomic E-state index is 12.1. The third kappa shape index (κ3) is 5.04. The topological polar surface area (TPSA) is 78.9 Å². The number of nitrogens with zero attached hydrogens (tertiary/aromatic N) is 1. The summed E-state index contributed by atoms with van der Waals surface area (Å²) in [5, 5.41) is 13.2. The van der Waals surface area contributed by atoms with Gasteiger partial charge in [-0.05, 0) is 65.2 Å². The fraction of sp³-hybridized carbons (Fsp3) is 0.579. The molecule has 1 aliphatic rings. The number of nitrogens with one attached hydrogen (secondary N) is 1. The maximum Gasteiger partial charge on any atom is 0.408 e. The van der Waals surface area contributed by atoms with E-state index in [2.05, 4.69) is 5.32 Å². The second kappa shape index (κ2) is 6.99. The zero-order chi connectivity index (χ0) is 19.8. The number of hydrogen-bond donors (Lipinski definition) is 2. The zero-order valence-electron chi connectivity index (χ0n) is 15.9. The summed E-state index contributed by atoms with van der Waals surface area (Å²) in [6.07, 6.45) is -0.147. The summed E-state index contributed by atoms with van der Waals surface area (Å²) in [6.45, 7) is 9.03. The first-order valence-corrected chi connectivity index (χ1v) is 9.00. The normalized spacial score (nSPS) is 15.9. The van der Waals surface area contributed by atoms with E-state index in [4.69, 9.17) is 16.3 Å². The number of alkyl carbamates (subject to hydrolysis) is 1. The SMILES string of the molecule is CC(C)(CN(C(=O)O)C1(c2cccc(Cl)c2)CC1)NC(=O)OC(C)(C)C. The molecule has 1 aromatic carbocycles. The van der Waals surface area contributed by atoms with Crippen LogP contribution in [-0.2, 0) is 10.3 Å². The largest absolute Gasteiger partial charge is 0.465 e. The summed E-state index contributed by atoms with van der Waals surface area (Å²) < 4.78 is 5.28. The molecule has 0 unspecified atom stereocenters. The van der Waals surface area contributed by atoms with Crippen LogP contribution in [0.2, 0.25) is 5.02 Å². The van der Waals surface area contributed by atoms with E-state index in [9.17, 15) is 14.7 Å². The Morgan fingerprint density at radius 3 is 2.35 bits per heavy atom. The first kappa shape index (κ1) is 20.4. The van der Waals surface area contributed by atoms with Crippen LogP contribution in [0.4, 0.5) is 9.59 Å². The average molecular weight is 383 g/mol. The first-order chi connectivity index (χ1) is 11.8. The van der Waals surface area contributed by atoms with Gasteiger partial charge in [-0.15, -0.1) is 0 Å². The molecule has 0 saturated heterocycles. The van der Waals surface area contributed by atoms with Gasteiger partial charge in [0.25, 0.3) is 0 Å². The van der Waals surface area contributed by atoms with E-state index in [-0.39, 0.29) is 6.54 Å². The maximum atomic E-state index is 12.1. The molecule has 1 saturated carbocycles. The van der Waals surface area contributed by atoms with Crippen LogP contribution in [0.5, 0.6) is 0 Å². The molecule has 26 heavy (non-hydrogen) atoms. The first-order valence-electron chi connectivity index (χ1n) is 8.62.